The Labute approximate surface area is 113 Å². The maximum Gasteiger partial charge on any atom is 0.255 e. The van der Waals surface area contributed by atoms with Gasteiger partial charge in [-0.25, -0.2) is 0 Å². The van der Waals surface area contributed by atoms with Crippen molar-refractivity contribution in [2.45, 2.75) is 13.8 Å². The largest absolute Gasteiger partial charge is 0.493 e. The van der Waals surface area contributed by atoms with Gasteiger partial charge in [-0.2, -0.15) is 5.26 Å². The molecule has 0 heterocycles. The molecule has 1 aromatic carbocycles. The fourth-order valence-electron chi connectivity index (χ4n) is 1.50. The second kappa shape index (κ2) is 6.10. The summed E-state index contributed by atoms with van der Waals surface area (Å²) < 4.78 is 10.3. The van der Waals surface area contributed by atoms with Gasteiger partial charge in [0.2, 0.25) is 0 Å². The monoisotopic (exact) mass is 262 g/mol. The van der Waals surface area contributed by atoms with Crippen molar-refractivity contribution in [2.75, 3.05) is 20.8 Å². The van der Waals surface area contributed by atoms with Gasteiger partial charge in [-0.3, -0.25) is 4.79 Å². The smallest absolute Gasteiger partial charge is 0.255 e. The first-order valence-corrected chi connectivity index (χ1v) is 5.85. The highest BCUT2D eigenvalue weighted by Gasteiger charge is 2.21. The van der Waals surface area contributed by atoms with E-state index >= 15 is 0 Å². The summed E-state index contributed by atoms with van der Waals surface area (Å²) in [6.07, 6.45) is 0. The molecule has 0 saturated heterocycles. The molecule has 0 radical (unpaired) electrons. The second-order valence-corrected chi connectivity index (χ2v) is 4.72. The fraction of sp³-hybridized carbons (Fsp3) is 0.429. The summed E-state index contributed by atoms with van der Waals surface area (Å²) in [5.74, 6) is 0.589. The summed E-state index contributed by atoms with van der Waals surface area (Å²) in [7, 11) is 2.99. The number of rotatable bonds is 5. The van der Waals surface area contributed by atoms with Gasteiger partial charge in [-0.1, -0.05) is 6.07 Å². The average molecular weight is 262 g/mol. The van der Waals surface area contributed by atoms with Crippen LogP contribution >= 0.6 is 0 Å². The molecule has 0 aliphatic heterocycles. The maximum atomic E-state index is 12.1. The van der Waals surface area contributed by atoms with Crippen LogP contribution in [0.1, 0.15) is 24.2 Å². The zero-order chi connectivity index (χ0) is 14.5. The third kappa shape index (κ3) is 3.62. The third-order valence-electron chi connectivity index (χ3n) is 2.64. The van der Waals surface area contributed by atoms with Crippen molar-refractivity contribution in [3.8, 4) is 17.6 Å². The van der Waals surface area contributed by atoms with Crippen LogP contribution in [0.25, 0.3) is 0 Å². The zero-order valence-corrected chi connectivity index (χ0v) is 11.6. The van der Waals surface area contributed by atoms with Gasteiger partial charge in [0.05, 0.1) is 31.3 Å². The van der Waals surface area contributed by atoms with Crippen LogP contribution in [0.4, 0.5) is 0 Å². The molecule has 0 spiro atoms. The van der Waals surface area contributed by atoms with E-state index in [2.05, 4.69) is 11.4 Å². The Morgan fingerprint density at radius 2 is 2.05 bits per heavy atom. The maximum absolute atomic E-state index is 12.1. The third-order valence-corrected chi connectivity index (χ3v) is 2.64. The summed E-state index contributed by atoms with van der Waals surface area (Å²) in [6, 6.07) is 7.21. The van der Waals surface area contributed by atoms with Gasteiger partial charge in [0.25, 0.3) is 5.91 Å². The molecule has 0 saturated carbocycles. The predicted octanol–water partition coefficient (Wildman–Crippen LogP) is 1.98. The number of methoxy groups -OCH3 is 2. The molecular weight excluding hydrogens is 244 g/mol. The molecule has 0 atom stereocenters. The standard InChI is InChI=1S/C14H18N2O3/c1-14(2,8-15)9-16-13(17)10-6-5-7-11(18-3)12(10)19-4/h5-7H,9H2,1-4H3,(H,16,17). The Morgan fingerprint density at radius 1 is 1.37 bits per heavy atom. The van der Waals surface area contributed by atoms with Gasteiger partial charge in [-0.15, -0.1) is 0 Å². The lowest BCUT2D eigenvalue weighted by Crippen LogP contribution is -2.33. The van der Waals surface area contributed by atoms with Crippen molar-refractivity contribution in [1.82, 2.24) is 5.32 Å². The highest BCUT2D eigenvalue weighted by atomic mass is 16.5. The predicted molar refractivity (Wildman–Crippen MR) is 71.3 cm³/mol. The van der Waals surface area contributed by atoms with Crippen molar-refractivity contribution in [1.29, 1.82) is 5.26 Å². The molecule has 0 aromatic heterocycles. The highest BCUT2D eigenvalue weighted by Crippen LogP contribution is 2.30. The molecule has 5 heteroatoms. The molecule has 0 unspecified atom stereocenters. The van der Waals surface area contributed by atoms with Crippen molar-refractivity contribution in [3.05, 3.63) is 23.8 Å². The molecule has 0 aliphatic carbocycles. The molecule has 0 fully saturated rings. The number of hydrogen-bond donors (Lipinski definition) is 1. The number of carbonyl (C=O) groups excluding carboxylic acids is 1. The normalized spacial score (nSPS) is 10.5. The summed E-state index contributed by atoms with van der Waals surface area (Å²) in [6.45, 7) is 3.79. The zero-order valence-electron chi connectivity index (χ0n) is 11.6. The number of nitrogens with zero attached hydrogens (tertiary/aromatic N) is 1. The topological polar surface area (TPSA) is 71.3 Å². The quantitative estimate of drug-likeness (QED) is 0.880. The number of nitrogens with one attached hydrogen (secondary N) is 1. The Balaban J connectivity index is 2.92. The van der Waals surface area contributed by atoms with Crippen molar-refractivity contribution in [2.24, 2.45) is 5.41 Å². The first-order valence-electron chi connectivity index (χ1n) is 5.85. The lowest BCUT2D eigenvalue weighted by Gasteiger charge is -2.17. The van der Waals surface area contributed by atoms with Gasteiger partial charge in [0.15, 0.2) is 11.5 Å². The molecule has 0 bridgehead atoms. The van der Waals surface area contributed by atoms with Crippen molar-refractivity contribution >= 4 is 5.91 Å². The van der Waals surface area contributed by atoms with Crippen molar-refractivity contribution < 1.29 is 14.3 Å². The molecule has 1 aromatic rings. The molecule has 102 valence electrons. The van der Waals surface area contributed by atoms with Crippen LogP contribution in [0.15, 0.2) is 18.2 Å². The highest BCUT2D eigenvalue weighted by molar-refractivity contribution is 5.97. The number of nitriles is 1. The molecule has 1 N–H and O–H groups in total. The van der Waals surface area contributed by atoms with Crippen LogP contribution in [0.3, 0.4) is 0 Å². The first-order chi connectivity index (χ1) is 8.95. The molecule has 5 nitrogen and oxygen atoms in total. The van der Waals surface area contributed by atoms with E-state index in [1.807, 2.05) is 0 Å². The van der Waals surface area contributed by atoms with E-state index < -0.39 is 5.41 Å². The van der Waals surface area contributed by atoms with E-state index in [-0.39, 0.29) is 12.5 Å². The molecular formula is C14H18N2O3. The van der Waals surface area contributed by atoms with Gasteiger partial charge in [-0.05, 0) is 26.0 Å². The minimum atomic E-state index is -0.609. The number of amides is 1. The number of hydrogen-bond acceptors (Lipinski definition) is 4. The number of para-hydroxylation sites is 1. The second-order valence-electron chi connectivity index (χ2n) is 4.72. The van der Waals surface area contributed by atoms with E-state index in [4.69, 9.17) is 14.7 Å². The van der Waals surface area contributed by atoms with Crippen LogP contribution < -0.4 is 14.8 Å². The van der Waals surface area contributed by atoms with Crippen LogP contribution in [0, 0.1) is 16.7 Å². The summed E-state index contributed by atoms with van der Waals surface area (Å²) >= 11 is 0. The molecule has 1 rings (SSSR count). The Kier molecular flexibility index (Phi) is 4.76. The number of benzene rings is 1. The van der Waals surface area contributed by atoms with Crippen LogP contribution in [-0.4, -0.2) is 26.7 Å². The van der Waals surface area contributed by atoms with Gasteiger partial charge in [0, 0.05) is 6.54 Å². The van der Waals surface area contributed by atoms with E-state index in [0.29, 0.717) is 17.1 Å². The molecule has 19 heavy (non-hydrogen) atoms. The number of carbonyl (C=O) groups is 1. The summed E-state index contributed by atoms with van der Waals surface area (Å²) in [4.78, 5) is 12.1. The Morgan fingerprint density at radius 3 is 2.58 bits per heavy atom. The van der Waals surface area contributed by atoms with E-state index in [0.717, 1.165) is 0 Å². The van der Waals surface area contributed by atoms with Crippen molar-refractivity contribution in [3.63, 3.8) is 0 Å². The van der Waals surface area contributed by atoms with E-state index in [9.17, 15) is 4.79 Å². The van der Waals surface area contributed by atoms with Crippen LogP contribution in [0.2, 0.25) is 0 Å². The lowest BCUT2D eigenvalue weighted by molar-refractivity contribution is 0.0940. The molecule has 0 aliphatic rings. The Bertz CT molecular complexity index is 504. The minimum Gasteiger partial charge on any atom is -0.493 e. The molecule has 1 amide bonds. The van der Waals surface area contributed by atoms with Crippen LogP contribution in [-0.2, 0) is 0 Å². The van der Waals surface area contributed by atoms with Gasteiger partial charge < -0.3 is 14.8 Å². The van der Waals surface area contributed by atoms with E-state index in [1.54, 1.807) is 32.0 Å². The number of ether oxygens (including phenoxy) is 2. The summed E-state index contributed by atoms with van der Waals surface area (Å²) in [5.41, 5.74) is -0.225. The van der Waals surface area contributed by atoms with Gasteiger partial charge >= 0.3 is 0 Å². The van der Waals surface area contributed by atoms with Gasteiger partial charge in [0.1, 0.15) is 0 Å². The lowest BCUT2D eigenvalue weighted by atomic mass is 9.96. The van der Waals surface area contributed by atoms with E-state index in [1.165, 1.54) is 14.2 Å². The van der Waals surface area contributed by atoms with Crippen LogP contribution in [0.5, 0.6) is 11.5 Å². The first kappa shape index (κ1) is 14.8. The fourth-order valence-corrected chi connectivity index (χ4v) is 1.50. The summed E-state index contributed by atoms with van der Waals surface area (Å²) in [5, 5.41) is 11.6. The minimum absolute atomic E-state index is 0.267. The SMILES string of the molecule is COc1cccc(C(=O)NCC(C)(C)C#N)c1OC. The average Bonchev–Trinajstić information content (AvgIpc) is 2.43. The Hall–Kier alpha value is -2.22.